The lowest BCUT2D eigenvalue weighted by Gasteiger charge is -2.14. The molecule has 0 aliphatic carbocycles. The third-order valence-electron chi connectivity index (χ3n) is 4.12. The van der Waals surface area contributed by atoms with Gasteiger partial charge in [-0.15, -0.1) is 0 Å². The van der Waals surface area contributed by atoms with Crippen molar-refractivity contribution in [1.29, 1.82) is 0 Å². The third-order valence-corrected chi connectivity index (χ3v) is 4.12. The highest BCUT2D eigenvalue weighted by Crippen LogP contribution is 2.19. The van der Waals surface area contributed by atoms with Crippen LogP contribution < -0.4 is 5.32 Å². The number of aromatic nitrogens is 1. The van der Waals surface area contributed by atoms with E-state index in [1.54, 1.807) is 30.5 Å². The van der Waals surface area contributed by atoms with Crippen LogP contribution in [0.1, 0.15) is 29.8 Å². The van der Waals surface area contributed by atoms with Gasteiger partial charge in [-0.05, 0) is 43.2 Å². The van der Waals surface area contributed by atoms with Crippen LogP contribution >= 0.6 is 0 Å². The first-order valence-electron chi connectivity index (χ1n) is 8.66. The van der Waals surface area contributed by atoms with Crippen LogP contribution in [0.4, 0.5) is 5.69 Å². The predicted octanol–water partition coefficient (Wildman–Crippen LogP) is 4.09. The number of benzene rings is 2. The van der Waals surface area contributed by atoms with Crippen LogP contribution in [0.5, 0.6) is 0 Å². The molecule has 1 heterocycles. The van der Waals surface area contributed by atoms with Gasteiger partial charge in [-0.3, -0.25) is 4.79 Å². The standard InChI is InChI=1S/C21H20N2O4/c1-3-15-4-10-18(11-5-15)23-20(24)14(2)27-21(25)17-8-6-16(7-9-17)19-12-22-13-26-19/h4-14H,3H2,1-2H3,(H,23,24). The lowest BCUT2D eigenvalue weighted by molar-refractivity contribution is -0.123. The molecule has 27 heavy (non-hydrogen) atoms. The number of esters is 1. The molecule has 0 fully saturated rings. The van der Waals surface area contributed by atoms with Gasteiger partial charge in [0.25, 0.3) is 5.91 Å². The Hall–Kier alpha value is -3.41. The summed E-state index contributed by atoms with van der Waals surface area (Å²) in [5, 5.41) is 2.74. The third kappa shape index (κ3) is 4.61. The quantitative estimate of drug-likeness (QED) is 0.666. The molecular formula is C21H20N2O4. The first kappa shape index (κ1) is 18.4. The van der Waals surface area contributed by atoms with Crippen LogP contribution in [0, 0.1) is 0 Å². The normalized spacial score (nSPS) is 11.6. The zero-order valence-electron chi connectivity index (χ0n) is 15.1. The number of ether oxygens (including phenoxy) is 1. The average Bonchev–Trinajstić information content (AvgIpc) is 3.23. The molecule has 6 nitrogen and oxygen atoms in total. The molecule has 1 N–H and O–H groups in total. The van der Waals surface area contributed by atoms with Crippen molar-refractivity contribution in [3.05, 3.63) is 72.2 Å². The van der Waals surface area contributed by atoms with Gasteiger partial charge in [0.15, 0.2) is 18.3 Å². The van der Waals surface area contributed by atoms with E-state index in [2.05, 4.69) is 17.2 Å². The molecule has 0 bridgehead atoms. The number of carbonyl (C=O) groups is 2. The van der Waals surface area contributed by atoms with Crippen molar-refractivity contribution < 1.29 is 18.7 Å². The van der Waals surface area contributed by atoms with Crippen molar-refractivity contribution in [2.24, 2.45) is 0 Å². The number of amides is 1. The van der Waals surface area contributed by atoms with Crippen LogP contribution in [0.15, 0.2) is 65.5 Å². The summed E-state index contributed by atoms with van der Waals surface area (Å²) in [6.07, 6.45) is 2.94. The number of nitrogens with one attached hydrogen (secondary N) is 1. The molecule has 0 spiro atoms. The van der Waals surface area contributed by atoms with E-state index in [0.29, 0.717) is 17.0 Å². The Balaban J connectivity index is 1.58. The molecule has 1 amide bonds. The van der Waals surface area contributed by atoms with Crippen molar-refractivity contribution in [3.8, 4) is 11.3 Å². The Bertz CT molecular complexity index is 900. The molecule has 6 heteroatoms. The Labute approximate surface area is 157 Å². The zero-order valence-corrected chi connectivity index (χ0v) is 15.1. The summed E-state index contributed by atoms with van der Waals surface area (Å²) in [6.45, 7) is 3.60. The number of anilines is 1. The maximum absolute atomic E-state index is 12.3. The molecule has 0 saturated carbocycles. The number of rotatable bonds is 6. The Kier molecular flexibility index (Phi) is 5.66. The molecule has 1 aromatic heterocycles. The topological polar surface area (TPSA) is 81.4 Å². The van der Waals surface area contributed by atoms with E-state index in [1.807, 2.05) is 24.3 Å². The van der Waals surface area contributed by atoms with Crippen molar-refractivity contribution in [2.45, 2.75) is 26.4 Å². The highest BCUT2D eigenvalue weighted by Gasteiger charge is 2.19. The minimum absolute atomic E-state index is 0.352. The summed E-state index contributed by atoms with van der Waals surface area (Å²) in [5.41, 5.74) is 2.99. The van der Waals surface area contributed by atoms with E-state index in [0.717, 1.165) is 12.0 Å². The molecule has 1 unspecified atom stereocenters. The van der Waals surface area contributed by atoms with Crippen molar-refractivity contribution in [2.75, 3.05) is 5.32 Å². The number of carbonyl (C=O) groups excluding carboxylic acids is 2. The van der Waals surface area contributed by atoms with Crippen LogP contribution in [-0.2, 0) is 16.0 Å². The van der Waals surface area contributed by atoms with Gasteiger partial charge in [0.1, 0.15) is 0 Å². The zero-order chi connectivity index (χ0) is 19.2. The highest BCUT2D eigenvalue weighted by molar-refractivity contribution is 5.97. The van der Waals surface area contributed by atoms with Crippen LogP contribution in [0.25, 0.3) is 11.3 Å². The predicted molar refractivity (Wildman–Crippen MR) is 101 cm³/mol. The highest BCUT2D eigenvalue weighted by atomic mass is 16.5. The maximum Gasteiger partial charge on any atom is 0.338 e. The smallest absolute Gasteiger partial charge is 0.338 e. The first-order valence-corrected chi connectivity index (χ1v) is 8.66. The van der Waals surface area contributed by atoms with Gasteiger partial charge in [0.2, 0.25) is 0 Å². The molecular weight excluding hydrogens is 344 g/mol. The molecule has 3 rings (SSSR count). The second-order valence-corrected chi connectivity index (χ2v) is 6.03. The second kappa shape index (κ2) is 8.31. The van der Waals surface area contributed by atoms with E-state index >= 15 is 0 Å². The molecule has 0 aliphatic rings. The molecule has 138 valence electrons. The van der Waals surface area contributed by atoms with E-state index in [9.17, 15) is 9.59 Å². The summed E-state index contributed by atoms with van der Waals surface area (Å²) >= 11 is 0. The van der Waals surface area contributed by atoms with Crippen molar-refractivity contribution in [1.82, 2.24) is 4.98 Å². The van der Waals surface area contributed by atoms with Gasteiger partial charge in [-0.2, -0.15) is 0 Å². The van der Waals surface area contributed by atoms with Crippen LogP contribution in [0.2, 0.25) is 0 Å². The van der Waals surface area contributed by atoms with Gasteiger partial charge < -0.3 is 14.5 Å². The molecule has 1 atom stereocenters. The van der Waals surface area contributed by atoms with E-state index in [4.69, 9.17) is 9.15 Å². The summed E-state index contributed by atoms with van der Waals surface area (Å²) in [5.74, 6) is -0.342. The lowest BCUT2D eigenvalue weighted by Crippen LogP contribution is -2.30. The van der Waals surface area contributed by atoms with Gasteiger partial charge >= 0.3 is 5.97 Å². The van der Waals surface area contributed by atoms with Gasteiger partial charge in [-0.1, -0.05) is 31.2 Å². The van der Waals surface area contributed by atoms with Crippen LogP contribution in [0.3, 0.4) is 0 Å². The van der Waals surface area contributed by atoms with E-state index in [1.165, 1.54) is 18.9 Å². The summed E-state index contributed by atoms with van der Waals surface area (Å²) < 4.78 is 10.5. The maximum atomic E-state index is 12.3. The number of hydrogen-bond acceptors (Lipinski definition) is 5. The minimum atomic E-state index is -0.919. The Morgan fingerprint density at radius 1 is 1.11 bits per heavy atom. The van der Waals surface area contributed by atoms with Gasteiger partial charge in [0, 0.05) is 11.3 Å². The second-order valence-electron chi connectivity index (χ2n) is 6.03. The van der Waals surface area contributed by atoms with E-state index in [-0.39, 0.29) is 5.91 Å². The largest absolute Gasteiger partial charge is 0.449 e. The number of aryl methyl sites for hydroxylation is 1. The average molecular weight is 364 g/mol. The fourth-order valence-corrected chi connectivity index (χ4v) is 2.48. The fourth-order valence-electron chi connectivity index (χ4n) is 2.48. The number of nitrogens with zero attached hydrogens (tertiary/aromatic N) is 1. The SMILES string of the molecule is CCc1ccc(NC(=O)C(C)OC(=O)c2ccc(-c3cnco3)cc2)cc1. The summed E-state index contributed by atoms with van der Waals surface area (Å²) in [7, 11) is 0. The van der Waals surface area contributed by atoms with Gasteiger partial charge in [0.05, 0.1) is 11.8 Å². The Morgan fingerprint density at radius 2 is 1.81 bits per heavy atom. The minimum Gasteiger partial charge on any atom is -0.449 e. The molecule has 0 saturated heterocycles. The van der Waals surface area contributed by atoms with Crippen LogP contribution in [-0.4, -0.2) is 23.0 Å². The molecule has 2 aromatic carbocycles. The lowest BCUT2D eigenvalue weighted by atomic mass is 10.1. The number of hydrogen-bond donors (Lipinski definition) is 1. The fraction of sp³-hybridized carbons (Fsp3) is 0.190. The van der Waals surface area contributed by atoms with Gasteiger partial charge in [-0.25, -0.2) is 9.78 Å². The first-order chi connectivity index (χ1) is 13.1. The van der Waals surface area contributed by atoms with Crippen molar-refractivity contribution in [3.63, 3.8) is 0 Å². The molecule has 0 aliphatic heterocycles. The summed E-state index contributed by atoms with van der Waals surface area (Å²) in [6, 6.07) is 14.3. The Morgan fingerprint density at radius 3 is 2.41 bits per heavy atom. The number of oxazole rings is 1. The van der Waals surface area contributed by atoms with Crippen molar-refractivity contribution >= 4 is 17.6 Å². The summed E-state index contributed by atoms with van der Waals surface area (Å²) in [4.78, 5) is 28.3. The molecule has 0 radical (unpaired) electrons. The monoisotopic (exact) mass is 364 g/mol. The molecule has 3 aromatic rings. The van der Waals surface area contributed by atoms with E-state index < -0.39 is 12.1 Å².